The maximum absolute atomic E-state index is 5.13. The van der Waals surface area contributed by atoms with Gasteiger partial charge in [0.05, 0.1) is 6.61 Å². The first-order valence-electron chi connectivity index (χ1n) is 6.09. The Morgan fingerprint density at radius 1 is 1.29 bits per heavy atom. The van der Waals surface area contributed by atoms with Crippen LogP contribution in [0.15, 0.2) is 47.6 Å². The summed E-state index contributed by atoms with van der Waals surface area (Å²) in [5, 5.41) is 0. The zero-order valence-corrected chi connectivity index (χ0v) is 12.1. The van der Waals surface area contributed by atoms with Crippen molar-refractivity contribution in [2.75, 3.05) is 13.7 Å². The molecule has 0 bridgehead atoms. The maximum Gasteiger partial charge on any atom is 0.0929 e. The summed E-state index contributed by atoms with van der Waals surface area (Å²) >= 11 is 0. The van der Waals surface area contributed by atoms with E-state index in [0.717, 1.165) is 16.7 Å². The normalized spacial score (nSPS) is 12.4. The van der Waals surface area contributed by atoms with Crippen molar-refractivity contribution in [1.29, 1.82) is 0 Å². The summed E-state index contributed by atoms with van der Waals surface area (Å²) in [5.41, 5.74) is 5.96. The molecule has 17 heavy (non-hydrogen) atoms. The van der Waals surface area contributed by atoms with E-state index in [0.29, 0.717) is 6.61 Å². The zero-order chi connectivity index (χ0) is 13.7. The Balaban J connectivity index is 0. The van der Waals surface area contributed by atoms with Gasteiger partial charge < -0.3 is 0 Å². The minimum atomic E-state index is 0.557. The molecule has 98 valence electrons. The van der Waals surface area contributed by atoms with Gasteiger partial charge in [-0.2, -0.15) is 0 Å². The van der Waals surface area contributed by atoms with E-state index in [1.54, 1.807) is 7.05 Å². The van der Waals surface area contributed by atoms with Gasteiger partial charge in [-0.3, -0.25) is 4.84 Å². The van der Waals surface area contributed by atoms with Gasteiger partial charge in [0.25, 0.3) is 0 Å². The SMILES string of the molecule is C=C(C)C(/C=C\C)=C/C(=C\C)CONC.CC. The second-order valence-electron chi connectivity index (χ2n) is 3.24. The molecule has 2 heteroatoms. The van der Waals surface area contributed by atoms with Crippen LogP contribution in [0, 0.1) is 0 Å². The largest absolute Gasteiger partial charge is 0.297 e. The maximum atomic E-state index is 5.13. The minimum absolute atomic E-state index is 0.557. The van der Waals surface area contributed by atoms with Crippen LogP contribution < -0.4 is 5.48 Å². The quantitative estimate of drug-likeness (QED) is 0.552. The minimum Gasteiger partial charge on any atom is -0.297 e. The highest BCUT2D eigenvalue weighted by atomic mass is 16.6. The summed E-state index contributed by atoms with van der Waals surface area (Å²) in [5.74, 6) is 0. The molecule has 0 aliphatic heterocycles. The fraction of sp³-hybridized carbons (Fsp3) is 0.467. The predicted molar refractivity (Wildman–Crippen MR) is 77.8 cm³/mol. The van der Waals surface area contributed by atoms with E-state index in [1.165, 1.54) is 0 Å². The lowest BCUT2D eigenvalue weighted by atomic mass is 10.1. The molecule has 0 aromatic heterocycles. The third kappa shape index (κ3) is 9.79. The van der Waals surface area contributed by atoms with Gasteiger partial charge in [0.15, 0.2) is 0 Å². The van der Waals surface area contributed by atoms with E-state index in [-0.39, 0.29) is 0 Å². The van der Waals surface area contributed by atoms with Crippen LogP contribution in [0.25, 0.3) is 0 Å². The number of hydrogen-bond donors (Lipinski definition) is 1. The summed E-state index contributed by atoms with van der Waals surface area (Å²) in [4.78, 5) is 5.13. The van der Waals surface area contributed by atoms with Crippen LogP contribution in [-0.4, -0.2) is 13.7 Å². The summed E-state index contributed by atoms with van der Waals surface area (Å²) in [6.07, 6.45) is 8.17. The van der Waals surface area contributed by atoms with Gasteiger partial charge in [0.2, 0.25) is 0 Å². The Morgan fingerprint density at radius 2 is 1.88 bits per heavy atom. The molecule has 0 aromatic carbocycles. The van der Waals surface area contributed by atoms with Crippen LogP contribution in [0.1, 0.15) is 34.6 Å². The van der Waals surface area contributed by atoms with Crippen LogP contribution in [0.5, 0.6) is 0 Å². The highest BCUT2D eigenvalue weighted by molar-refractivity contribution is 5.41. The zero-order valence-electron chi connectivity index (χ0n) is 12.1. The summed E-state index contributed by atoms with van der Waals surface area (Å²) < 4.78 is 0. The summed E-state index contributed by atoms with van der Waals surface area (Å²) in [6.45, 7) is 14.5. The number of nitrogens with one attached hydrogen (secondary N) is 1. The molecule has 0 fully saturated rings. The van der Waals surface area contributed by atoms with Crippen molar-refractivity contribution in [3.63, 3.8) is 0 Å². The van der Waals surface area contributed by atoms with Crippen LogP contribution in [0.3, 0.4) is 0 Å². The molecule has 0 saturated heterocycles. The van der Waals surface area contributed by atoms with E-state index in [4.69, 9.17) is 4.84 Å². The van der Waals surface area contributed by atoms with Crippen LogP contribution >= 0.6 is 0 Å². The highest BCUT2D eigenvalue weighted by Crippen LogP contribution is 2.12. The molecule has 2 nitrogen and oxygen atoms in total. The predicted octanol–water partition coefficient (Wildman–Crippen LogP) is 4.19. The summed E-state index contributed by atoms with van der Waals surface area (Å²) in [7, 11) is 1.75. The molecule has 0 aromatic rings. The third-order valence-corrected chi connectivity index (χ3v) is 1.93. The molecule has 0 saturated carbocycles. The van der Waals surface area contributed by atoms with E-state index in [9.17, 15) is 0 Å². The average molecular weight is 237 g/mol. The van der Waals surface area contributed by atoms with Crippen LogP contribution in [-0.2, 0) is 4.84 Å². The van der Waals surface area contributed by atoms with Crippen LogP contribution in [0.2, 0.25) is 0 Å². The lowest BCUT2D eigenvalue weighted by Gasteiger charge is -2.05. The number of hydroxylamine groups is 1. The molecule has 0 amide bonds. The van der Waals surface area contributed by atoms with Crippen molar-refractivity contribution in [1.82, 2.24) is 5.48 Å². The lowest BCUT2D eigenvalue weighted by molar-refractivity contribution is 0.0774. The molecule has 0 atom stereocenters. The first kappa shape index (κ1) is 18.3. The number of hydrogen-bond acceptors (Lipinski definition) is 2. The molecule has 1 N–H and O–H groups in total. The molecule has 0 radical (unpaired) electrons. The molecular formula is C15H27NO. The van der Waals surface area contributed by atoms with Crippen LogP contribution in [0.4, 0.5) is 0 Å². The molecule has 0 unspecified atom stereocenters. The van der Waals surface area contributed by atoms with Crippen molar-refractivity contribution in [2.45, 2.75) is 34.6 Å². The topological polar surface area (TPSA) is 21.3 Å². The number of rotatable bonds is 6. The average Bonchev–Trinajstić information content (AvgIpc) is 2.35. The Kier molecular flexibility index (Phi) is 13.9. The van der Waals surface area contributed by atoms with Gasteiger partial charge in [-0.05, 0) is 38.0 Å². The second-order valence-corrected chi connectivity index (χ2v) is 3.24. The lowest BCUT2D eigenvalue weighted by Crippen LogP contribution is -2.09. The molecule has 0 rings (SSSR count). The van der Waals surface area contributed by atoms with Crippen molar-refractivity contribution in [2.24, 2.45) is 0 Å². The first-order chi connectivity index (χ1) is 8.15. The van der Waals surface area contributed by atoms with E-state index >= 15 is 0 Å². The third-order valence-electron chi connectivity index (χ3n) is 1.93. The monoisotopic (exact) mass is 237 g/mol. The van der Waals surface area contributed by atoms with Crippen molar-refractivity contribution in [3.8, 4) is 0 Å². The van der Waals surface area contributed by atoms with E-state index < -0.39 is 0 Å². The fourth-order valence-corrected chi connectivity index (χ4v) is 1.06. The number of allylic oxidation sites excluding steroid dienone is 5. The first-order valence-corrected chi connectivity index (χ1v) is 6.09. The Bertz CT molecular complexity index is 285. The summed E-state index contributed by atoms with van der Waals surface area (Å²) in [6, 6.07) is 0. The molecule has 0 aliphatic rings. The highest BCUT2D eigenvalue weighted by Gasteiger charge is 1.96. The van der Waals surface area contributed by atoms with Gasteiger partial charge in [-0.1, -0.05) is 44.2 Å². The van der Waals surface area contributed by atoms with E-state index in [1.807, 2.05) is 52.8 Å². The molecule has 0 heterocycles. The van der Waals surface area contributed by atoms with Crippen molar-refractivity contribution in [3.05, 3.63) is 47.6 Å². The Morgan fingerprint density at radius 3 is 2.24 bits per heavy atom. The standard InChI is InChI=1S/C13H21NO.C2H6/c1-6-8-13(11(3)4)9-12(7-2)10-15-14-5;1-2/h6-9,14H,3,10H2,1-2,4-5H3;1-2H3/b8-6-,12-7+,13-9+;. The molecule has 0 aliphatic carbocycles. The Hall–Kier alpha value is -1.12. The smallest absolute Gasteiger partial charge is 0.0929 e. The van der Waals surface area contributed by atoms with Gasteiger partial charge in [-0.25, -0.2) is 5.48 Å². The van der Waals surface area contributed by atoms with Gasteiger partial charge in [-0.15, -0.1) is 0 Å². The second kappa shape index (κ2) is 12.9. The van der Waals surface area contributed by atoms with Gasteiger partial charge in [0.1, 0.15) is 0 Å². The molecule has 0 spiro atoms. The fourth-order valence-electron chi connectivity index (χ4n) is 1.06. The van der Waals surface area contributed by atoms with Crippen molar-refractivity contribution < 1.29 is 4.84 Å². The molecular weight excluding hydrogens is 210 g/mol. The Labute approximate surface area is 107 Å². The van der Waals surface area contributed by atoms with E-state index in [2.05, 4.69) is 18.1 Å². The van der Waals surface area contributed by atoms with Gasteiger partial charge >= 0.3 is 0 Å². The van der Waals surface area contributed by atoms with Gasteiger partial charge in [0, 0.05) is 7.05 Å². The van der Waals surface area contributed by atoms with Crippen molar-refractivity contribution >= 4 is 0 Å².